The zero-order chi connectivity index (χ0) is 20.8. The zero-order valence-corrected chi connectivity index (χ0v) is 16.1. The van der Waals surface area contributed by atoms with E-state index in [2.05, 4.69) is 16.0 Å². The van der Waals surface area contributed by atoms with Gasteiger partial charge in [-0.2, -0.15) is 0 Å². The van der Waals surface area contributed by atoms with Crippen LogP contribution in [0.4, 0.5) is 0 Å². The van der Waals surface area contributed by atoms with E-state index < -0.39 is 35.9 Å². The van der Waals surface area contributed by atoms with Crippen molar-refractivity contribution in [2.24, 2.45) is 11.5 Å². The molecule has 0 rings (SSSR count). The highest BCUT2D eigenvalue weighted by molar-refractivity contribution is 5.93. The molecule has 0 aromatic rings. The van der Waals surface area contributed by atoms with E-state index in [4.69, 9.17) is 16.6 Å². The van der Waals surface area contributed by atoms with Crippen LogP contribution in [-0.4, -0.2) is 60.0 Å². The Bertz CT molecular complexity index is 500. The predicted molar refractivity (Wildman–Crippen MR) is 101 cm³/mol. The van der Waals surface area contributed by atoms with Gasteiger partial charge in [0, 0.05) is 6.92 Å². The molecule has 0 aliphatic heterocycles. The van der Waals surface area contributed by atoms with E-state index in [9.17, 15) is 19.2 Å². The van der Waals surface area contributed by atoms with Crippen LogP contribution in [-0.2, 0) is 19.2 Å². The first-order valence-corrected chi connectivity index (χ1v) is 9.23. The second-order valence-corrected chi connectivity index (χ2v) is 6.45. The standard InChI is InChI=1S/C17H33N5O5/c1-11(17(26)27)20-15(24)14(8-4-6-10-19)22-16(25)13(21-12(2)23)7-3-5-9-18/h11,13-14H,3-10,18-19H2,1-2H3,(H,20,24)(H,21,23)(H,22,25)(H,26,27)/t11-,13-,14-/m0/s1. The summed E-state index contributed by atoms with van der Waals surface area (Å²) in [5.74, 6) is -2.60. The maximum Gasteiger partial charge on any atom is 0.325 e. The Labute approximate surface area is 159 Å². The summed E-state index contributed by atoms with van der Waals surface area (Å²) in [5.41, 5.74) is 10.9. The Balaban J connectivity index is 5.04. The van der Waals surface area contributed by atoms with E-state index in [1.54, 1.807) is 0 Å². The molecule has 0 saturated carbocycles. The fourth-order valence-corrected chi connectivity index (χ4v) is 2.42. The molecule has 156 valence electrons. The molecule has 3 amide bonds. The van der Waals surface area contributed by atoms with Crippen LogP contribution in [0.25, 0.3) is 0 Å². The van der Waals surface area contributed by atoms with Crippen LogP contribution >= 0.6 is 0 Å². The van der Waals surface area contributed by atoms with Crippen molar-refractivity contribution in [1.82, 2.24) is 16.0 Å². The third-order valence-electron chi connectivity index (χ3n) is 3.95. The monoisotopic (exact) mass is 387 g/mol. The molecule has 0 aliphatic rings. The molecule has 27 heavy (non-hydrogen) atoms. The topological polar surface area (TPSA) is 177 Å². The number of nitrogens with one attached hydrogen (secondary N) is 3. The highest BCUT2D eigenvalue weighted by Crippen LogP contribution is 2.05. The summed E-state index contributed by atoms with van der Waals surface area (Å²) in [6.07, 6.45) is 3.32. The smallest absolute Gasteiger partial charge is 0.325 e. The first-order valence-electron chi connectivity index (χ1n) is 9.23. The van der Waals surface area contributed by atoms with Crippen molar-refractivity contribution in [3.05, 3.63) is 0 Å². The van der Waals surface area contributed by atoms with Crippen molar-refractivity contribution in [2.75, 3.05) is 13.1 Å². The summed E-state index contributed by atoms with van der Waals surface area (Å²) in [6, 6.07) is -2.77. The lowest BCUT2D eigenvalue weighted by molar-refractivity contribution is -0.141. The van der Waals surface area contributed by atoms with Crippen LogP contribution in [0.2, 0.25) is 0 Å². The van der Waals surface area contributed by atoms with E-state index in [-0.39, 0.29) is 5.91 Å². The van der Waals surface area contributed by atoms with Crippen LogP contribution in [0, 0.1) is 0 Å². The van der Waals surface area contributed by atoms with E-state index >= 15 is 0 Å². The third-order valence-corrected chi connectivity index (χ3v) is 3.95. The number of rotatable bonds is 14. The lowest BCUT2D eigenvalue weighted by Gasteiger charge is -2.23. The number of unbranched alkanes of at least 4 members (excludes halogenated alkanes) is 2. The Kier molecular flexibility index (Phi) is 12.8. The number of carbonyl (C=O) groups excluding carboxylic acids is 3. The largest absolute Gasteiger partial charge is 0.480 e. The molecule has 3 atom stereocenters. The highest BCUT2D eigenvalue weighted by Gasteiger charge is 2.27. The van der Waals surface area contributed by atoms with Gasteiger partial charge < -0.3 is 32.5 Å². The number of aliphatic carboxylic acids is 1. The number of carbonyl (C=O) groups is 4. The van der Waals surface area contributed by atoms with Crippen molar-refractivity contribution >= 4 is 23.7 Å². The number of amides is 3. The molecule has 0 fully saturated rings. The Morgan fingerprint density at radius 3 is 1.67 bits per heavy atom. The molecular formula is C17H33N5O5. The quantitative estimate of drug-likeness (QED) is 0.203. The van der Waals surface area contributed by atoms with Gasteiger partial charge in [0.15, 0.2) is 0 Å². The van der Waals surface area contributed by atoms with Gasteiger partial charge in [-0.05, 0) is 58.5 Å². The molecule has 0 aliphatic carbocycles. The number of hydrogen-bond donors (Lipinski definition) is 6. The number of carboxylic acids is 1. The SMILES string of the molecule is CC(=O)N[C@@H](CCCCN)C(=O)N[C@@H](CCCCN)C(=O)N[C@@H](C)C(=O)O. The molecule has 0 heterocycles. The van der Waals surface area contributed by atoms with Gasteiger partial charge in [-0.1, -0.05) is 0 Å². The first kappa shape index (κ1) is 24.8. The van der Waals surface area contributed by atoms with Gasteiger partial charge in [-0.15, -0.1) is 0 Å². The molecule has 0 aromatic carbocycles. The second kappa shape index (κ2) is 13.9. The zero-order valence-electron chi connectivity index (χ0n) is 16.1. The first-order chi connectivity index (χ1) is 12.7. The molecule has 0 aromatic heterocycles. The Morgan fingerprint density at radius 2 is 1.26 bits per heavy atom. The van der Waals surface area contributed by atoms with E-state index in [0.717, 1.165) is 0 Å². The van der Waals surface area contributed by atoms with Gasteiger partial charge in [-0.25, -0.2) is 0 Å². The Morgan fingerprint density at radius 1 is 0.815 bits per heavy atom. The second-order valence-electron chi connectivity index (χ2n) is 6.45. The van der Waals surface area contributed by atoms with Crippen molar-refractivity contribution < 1.29 is 24.3 Å². The number of hydrogen-bond acceptors (Lipinski definition) is 6. The maximum atomic E-state index is 12.6. The van der Waals surface area contributed by atoms with Crippen molar-refractivity contribution in [3.63, 3.8) is 0 Å². The summed E-state index contributed by atoms with van der Waals surface area (Å²) < 4.78 is 0. The molecule has 10 nitrogen and oxygen atoms in total. The van der Waals surface area contributed by atoms with Gasteiger partial charge in [0.2, 0.25) is 17.7 Å². The molecule has 0 bridgehead atoms. The molecule has 0 saturated heterocycles. The summed E-state index contributed by atoms with van der Waals surface area (Å²) in [7, 11) is 0. The van der Waals surface area contributed by atoms with Crippen molar-refractivity contribution in [2.45, 2.75) is 70.5 Å². The average Bonchev–Trinajstić information content (AvgIpc) is 2.59. The molecule has 8 N–H and O–H groups in total. The number of nitrogens with two attached hydrogens (primary N) is 2. The minimum atomic E-state index is -1.17. The minimum Gasteiger partial charge on any atom is -0.480 e. The fourth-order valence-electron chi connectivity index (χ4n) is 2.42. The van der Waals surface area contributed by atoms with E-state index in [0.29, 0.717) is 51.6 Å². The normalized spacial score (nSPS) is 13.9. The fraction of sp³-hybridized carbons (Fsp3) is 0.765. The third kappa shape index (κ3) is 11.2. The van der Waals surface area contributed by atoms with Crippen molar-refractivity contribution in [1.29, 1.82) is 0 Å². The number of carboxylic acid groups (broad SMARTS) is 1. The maximum absolute atomic E-state index is 12.6. The van der Waals surface area contributed by atoms with Gasteiger partial charge >= 0.3 is 5.97 Å². The molecule has 0 radical (unpaired) electrons. The van der Waals surface area contributed by atoms with E-state index in [1.807, 2.05) is 0 Å². The van der Waals surface area contributed by atoms with Gasteiger partial charge in [-0.3, -0.25) is 19.2 Å². The van der Waals surface area contributed by atoms with Crippen molar-refractivity contribution in [3.8, 4) is 0 Å². The predicted octanol–water partition coefficient (Wildman–Crippen LogP) is -1.18. The summed E-state index contributed by atoms with van der Waals surface area (Å²) in [4.78, 5) is 47.2. The van der Waals surface area contributed by atoms with Crippen LogP contribution in [0.3, 0.4) is 0 Å². The lowest BCUT2D eigenvalue weighted by atomic mass is 10.1. The molecule has 10 heteroatoms. The lowest BCUT2D eigenvalue weighted by Crippen LogP contribution is -2.55. The minimum absolute atomic E-state index is 0.316. The van der Waals surface area contributed by atoms with Crippen LogP contribution < -0.4 is 27.4 Å². The summed E-state index contributed by atoms with van der Waals surface area (Å²) >= 11 is 0. The summed E-state index contributed by atoms with van der Waals surface area (Å²) in [6.45, 7) is 3.57. The average molecular weight is 387 g/mol. The van der Waals surface area contributed by atoms with Gasteiger partial charge in [0.05, 0.1) is 0 Å². The van der Waals surface area contributed by atoms with Crippen LogP contribution in [0.5, 0.6) is 0 Å². The Hall–Kier alpha value is -2.20. The van der Waals surface area contributed by atoms with Gasteiger partial charge in [0.25, 0.3) is 0 Å². The molecular weight excluding hydrogens is 354 g/mol. The van der Waals surface area contributed by atoms with Crippen LogP contribution in [0.15, 0.2) is 0 Å². The highest BCUT2D eigenvalue weighted by atomic mass is 16.4. The van der Waals surface area contributed by atoms with Crippen LogP contribution in [0.1, 0.15) is 52.4 Å². The van der Waals surface area contributed by atoms with E-state index in [1.165, 1.54) is 13.8 Å². The molecule has 0 spiro atoms. The summed E-state index contributed by atoms with van der Waals surface area (Å²) in [5, 5.41) is 16.5. The molecule has 0 unspecified atom stereocenters. The van der Waals surface area contributed by atoms with Gasteiger partial charge in [0.1, 0.15) is 18.1 Å².